The van der Waals surface area contributed by atoms with Crippen molar-refractivity contribution in [3.8, 4) is 11.4 Å². The Labute approximate surface area is 162 Å². The number of likely N-dealkylation sites (N-methyl/N-ethyl adjacent to an activating group) is 1. The quantitative estimate of drug-likeness (QED) is 0.710. The molecule has 1 saturated heterocycles. The van der Waals surface area contributed by atoms with Crippen LogP contribution in [0.2, 0.25) is 0 Å². The molecule has 0 radical (unpaired) electrons. The zero-order valence-electron chi connectivity index (χ0n) is 16.8. The summed E-state index contributed by atoms with van der Waals surface area (Å²) in [6, 6.07) is 13.1. The van der Waals surface area contributed by atoms with Crippen LogP contribution in [0.15, 0.2) is 36.4 Å². The third kappa shape index (κ3) is 4.01. The number of benzene rings is 2. The standard InChI is InChI=1S/C23H30N4/c1-17-15-21-22(16-18(17)2)25-23(24-21)19-7-9-20(10-8-19)26(3)13-14-27-11-5-4-6-12-27/h7-10,15-16H,4-6,11-14H2,1-3H3,(H,24,25). The molecule has 27 heavy (non-hydrogen) atoms. The van der Waals surface area contributed by atoms with E-state index in [2.05, 4.69) is 72.1 Å². The molecule has 2 heterocycles. The Balaban J connectivity index is 1.45. The highest BCUT2D eigenvalue weighted by Crippen LogP contribution is 2.25. The molecule has 0 atom stereocenters. The third-order valence-electron chi connectivity index (χ3n) is 5.88. The van der Waals surface area contributed by atoms with Gasteiger partial charge in [-0.3, -0.25) is 0 Å². The molecular formula is C23H30N4. The molecular weight excluding hydrogens is 332 g/mol. The zero-order chi connectivity index (χ0) is 18.8. The molecule has 0 amide bonds. The van der Waals surface area contributed by atoms with Crippen molar-refractivity contribution >= 4 is 16.7 Å². The maximum Gasteiger partial charge on any atom is 0.138 e. The summed E-state index contributed by atoms with van der Waals surface area (Å²) in [5.74, 6) is 0.942. The molecule has 3 aromatic rings. The average molecular weight is 363 g/mol. The average Bonchev–Trinajstić information content (AvgIpc) is 3.10. The second-order valence-electron chi connectivity index (χ2n) is 7.91. The summed E-state index contributed by atoms with van der Waals surface area (Å²) < 4.78 is 0. The molecule has 1 aliphatic heterocycles. The van der Waals surface area contributed by atoms with Gasteiger partial charge in [-0.25, -0.2) is 4.98 Å². The lowest BCUT2D eigenvalue weighted by atomic mass is 10.1. The lowest BCUT2D eigenvalue weighted by molar-refractivity contribution is 0.234. The number of H-pyrrole nitrogens is 1. The summed E-state index contributed by atoms with van der Waals surface area (Å²) in [6.45, 7) is 9.03. The number of hydrogen-bond donors (Lipinski definition) is 1. The first-order valence-corrected chi connectivity index (χ1v) is 10.1. The van der Waals surface area contributed by atoms with Gasteiger partial charge in [0.05, 0.1) is 11.0 Å². The predicted molar refractivity (Wildman–Crippen MR) is 115 cm³/mol. The number of rotatable bonds is 5. The van der Waals surface area contributed by atoms with Crippen molar-refractivity contribution in [3.63, 3.8) is 0 Å². The van der Waals surface area contributed by atoms with E-state index in [1.807, 2.05) is 0 Å². The fourth-order valence-corrected chi connectivity index (χ4v) is 3.88. The monoisotopic (exact) mass is 362 g/mol. The summed E-state index contributed by atoms with van der Waals surface area (Å²) in [6.07, 6.45) is 4.11. The summed E-state index contributed by atoms with van der Waals surface area (Å²) in [5.41, 5.74) is 7.12. The number of anilines is 1. The van der Waals surface area contributed by atoms with E-state index >= 15 is 0 Å². The Morgan fingerprint density at radius 2 is 1.70 bits per heavy atom. The van der Waals surface area contributed by atoms with Gasteiger partial charge >= 0.3 is 0 Å². The topological polar surface area (TPSA) is 35.2 Å². The number of likely N-dealkylation sites (tertiary alicyclic amines) is 1. The van der Waals surface area contributed by atoms with Crippen LogP contribution in [0.5, 0.6) is 0 Å². The van der Waals surface area contributed by atoms with E-state index in [1.165, 1.54) is 49.2 Å². The van der Waals surface area contributed by atoms with Gasteiger partial charge < -0.3 is 14.8 Å². The van der Waals surface area contributed by atoms with Crippen LogP contribution in [-0.4, -0.2) is 48.1 Å². The van der Waals surface area contributed by atoms with Gasteiger partial charge in [0.2, 0.25) is 0 Å². The SMILES string of the molecule is Cc1cc2nc(-c3ccc(N(C)CCN4CCCCC4)cc3)[nH]c2cc1C. The minimum absolute atomic E-state index is 0.942. The van der Waals surface area contributed by atoms with E-state index in [9.17, 15) is 0 Å². The highest BCUT2D eigenvalue weighted by molar-refractivity contribution is 5.81. The van der Waals surface area contributed by atoms with Gasteiger partial charge in [0, 0.05) is 31.4 Å². The molecule has 0 bridgehead atoms. The van der Waals surface area contributed by atoms with E-state index in [-0.39, 0.29) is 0 Å². The second-order valence-corrected chi connectivity index (χ2v) is 7.91. The van der Waals surface area contributed by atoms with Gasteiger partial charge in [0.1, 0.15) is 5.82 Å². The van der Waals surface area contributed by atoms with Crippen LogP contribution in [0.25, 0.3) is 22.4 Å². The van der Waals surface area contributed by atoms with Crippen molar-refractivity contribution in [1.82, 2.24) is 14.9 Å². The van der Waals surface area contributed by atoms with Crippen molar-refractivity contribution in [2.45, 2.75) is 33.1 Å². The maximum absolute atomic E-state index is 4.78. The first kappa shape index (κ1) is 18.1. The molecule has 0 saturated carbocycles. The van der Waals surface area contributed by atoms with Crippen molar-refractivity contribution < 1.29 is 0 Å². The highest BCUT2D eigenvalue weighted by Gasteiger charge is 2.11. The largest absolute Gasteiger partial charge is 0.373 e. The molecule has 2 aromatic carbocycles. The van der Waals surface area contributed by atoms with Gasteiger partial charge in [0.15, 0.2) is 0 Å². The number of nitrogens with one attached hydrogen (secondary N) is 1. The molecule has 0 aliphatic carbocycles. The first-order valence-electron chi connectivity index (χ1n) is 10.1. The van der Waals surface area contributed by atoms with E-state index in [0.717, 1.165) is 35.5 Å². The summed E-state index contributed by atoms with van der Waals surface area (Å²) in [4.78, 5) is 13.2. The fraction of sp³-hybridized carbons (Fsp3) is 0.435. The summed E-state index contributed by atoms with van der Waals surface area (Å²) >= 11 is 0. The van der Waals surface area contributed by atoms with Gasteiger partial charge in [-0.15, -0.1) is 0 Å². The van der Waals surface area contributed by atoms with Crippen molar-refractivity contribution in [3.05, 3.63) is 47.5 Å². The maximum atomic E-state index is 4.78. The van der Waals surface area contributed by atoms with E-state index in [0.29, 0.717) is 0 Å². The number of hydrogen-bond acceptors (Lipinski definition) is 3. The second kappa shape index (κ2) is 7.73. The summed E-state index contributed by atoms with van der Waals surface area (Å²) in [5, 5.41) is 0. The van der Waals surface area contributed by atoms with Crippen LogP contribution in [0.3, 0.4) is 0 Å². The van der Waals surface area contributed by atoms with E-state index < -0.39 is 0 Å². The molecule has 4 nitrogen and oxygen atoms in total. The number of aryl methyl sites for hydroxylation is 2. The molecule has 1 aliphatic rings. The molecule has 142 valence electrons. The van der Waals surface area contributed by atoms with E-state index in [4.69, 9.17) is 4.98 Å². The Bertz CT molecular complexity index is 865. The number of aromatic nitrogens is 2. The molecule has 1 N–H and O–H groups in total. The number of nitrogens with zero attached hydrogens (tertiary/aromatic N) is 3. The van der Waals surface area contributed by atoms with Crippen LogP contribution < -0.4 is 4.90 Å². The van der Waals surface area contributed by atoms with Crippen molar-refractivity contribution in [2.24, 2.45) is 0 Å². The molecule has 4 rings (SSSR count). The van der Waals surface area contributed by atoms with Crippen LogP contribution >= 0.6 is 0 Å². The molecule has 0 unspecified atom stereocenters. The van der Waals surface area contributed by atoms with Crippen molar-refractivity contribution in [1.29, 1.82) is 0 Å². The fourth-order valence-electron chi connectivity index (χ4n) is 3.88. The van der Waals surface area contributed by atoms with Gasteiger partial charge in [-0.1, -0.05) is 6.42 Å². The van der Waals surface area contributed by atoms with Crippen LogP contribution in [0, 0.1) is 13.8 Å². The number of imidazole rings is 1. The zero-order valence-corrected chi connectivity index (χ0v) is 16.8. The van der Waals surface area contributed by atoms with Gasteiger partial charge in [0.25, 0.3) is 0 Å². The van der Waals surface area contributed by atoms with E-state index in [1.54, 1.807) is 0 Å². The molecule has 4 heteroatoms. The first-order chi connectivity index (χ1) is 13.1. The number of aromatic amines is 1. The normalized spacial score (nSPS) is 15.4. The molecule has 1 aromatic heterocycles. The Morgan fingerprint density at radius 3 is 2.44 bits per heavy atom. The lowest BCUT2D eigenvalue weighted by Gasteiger charge is -2.29. The highest BCUT2D eigenvalue weighted by atomic mass is 15.2. The van der Waals surface area contributed by atoms with Gasteiger partial charge in [-0.05, 0) is 87.3 Å². The number of fused-ring (bicyclic) bond motifs is 1. The minimum atomic E-state index is 0.942. The predicted octanol–water partition coefficient (Wildman–Crippen LogP) is 4.77. The van der Waals surface area contributed by atoms with Gasteiger partial charge in [-0.2, -0.15) is 0 Å². The van der Waals surface area contributed by atoms with Crippen LogP contribution in [-0.2, 0) is 0 Å². The van der Waals surface area contributed by atoms with Crippen LogP contribution in [0.4, 0.5) is 5.69 Å². The number of piperidine rings is 1. The Morgan fingerprint density at radius 1 is 1.00 bits per heavy atom. The summed E-state index contributed by atoms with van der Waals surface area (Å²) in [7, 11) is 2.19. The minimum Gasteiger partial charge on any atom is -0.373 e. The Hall–Kier alpha value is -2.33. The molecule has 0 spiro atoms. The lowest BCUT2D eigenvalue weighted by Crippen LogP contribution is -2.36. The smallest absolute Gasteiger partial charge is 0.138 e. The third-order valence-corrected chi connectivity index (χ3v) is 5.88. The van der Waals surface area contributed by atoms with Crippen LogP contribution in [0.1, 0.15) is 30.4 Å². The molecule has 1 fully saturated rings. The van der Waals surface area contributed by atoms with Crippen molar-refractivity contribution in [2.75, 3.05) is 38.1 Å². The Kier molecular flexibility index (Phi) is 5.17.